The van der Waals surface area contributed by atoms with Crippen molar-refractivity contribution in [2.75, 3.05) is 26.8 Å². The molecule has 120 valence electrons. The van der Waals surface area contributed by atoms with E-state index in [4.69, 9.17) is 4.74 Å². The third-order valence-corrected chi connectivity index (χ3v) is 3.33. The molecule has 0 radical (unpaired) electrons. The maximum absolute atomic E-state index is 11.8. The number of carbonyl (C=O) groups is 1. The lowest BCUT2D eigenvalue weighted by Crippen LogP contribution is -2.48. The van der Waals surface area contributed by atoms with Crippen LogP contribution in [0.3, 0.4) is 0 Å². The molecule has 0 aliphatic carbocycles. The summed E-state index contributed by atoms with van der Waals surface area (Å²) in [5.41, 5.74) is 0.930. The van der Waals surface area contributed by atoms with Crippen molar-refractivity contribution in [3.8, 4) is 0 Å². The van der Waals surface area contributed by atoms with Crippen molar-refractivity contribution < 1.29 is 9.53 Å². The third kappa shape index (κ3) is 9.09. The zero-order valence-corrected chi connectivity index (χ0v) is 15.1. The number of halogens is 2. The number of rotatable bonds is 8. The Morgan fingerprint density at radius 3 is 2.48 bits per heavy atom. The lowest BCUT2D eigenvalue weighted by Gasteiger charge is -2.26. The molecule has 1 amide bonds. The molecule has 0 fully saturated rings. The maximum atomic E-state index is 11.8. The molecular formula is C15H24BrClN2O2. The van der Waals surface area contributed by atoms with E-state index in [1.165, 1.54) is 5.56 Å². The highest BCUT2D eigenvalue weighted by Crippen LogP contribution is 2.16. The number of nitrogens with one attached hydrogen (secondary N) is 2. The van der Waals surface area contributed by atoms with Gasteiger partial charge in [-0.25, -0.2) is 0 Å². The van der Waals surface area contributed by atoms with Crippen LogP contribution in [0, 0.1) is 0 Å². The molecule has 1 rings (SSSR count). The van der Waals surface area contributed by atoms with E-state index in [1.807, 2.05) is 26.0 Å². The van der Waals surface area contributed by atoms with Crippen LogP contribution < -0.4 is 10.6 Å². The first-order valence-corrected chi connectivity index (χ1v) is 7.47. The van der Waals surface area contributed by atoms with Gasteiger partial charge in [0.05, 0.1) is 13.2 Å². The van der Waals surface area contributed by atoms with Crippen molar-refractivity contribution >= 4 is 34.2 Å². The summed E-state index contributed by atoms with van der Waals surface area (Å²) in [6.07, 6.45) is 0.796. The molecule has 1 aromatic carbocycles. The summed E-state index contributed by atoms with van der Waals surface area (Å²) in [5.74, 6) is 0.00298. The van der Waals surface area contributed by atoms with E-state index in [2.05, 4.69) is 38.7 Å². The van der Waals surface area contributed by atoms with E-state index in [1.54, 1.807) is 7.11 Å². The lowest BCUT2D eigenvalue weighted by atomic mass is 9.95. The zero-order valence-electron chi connectivity index (χ0n) is 12.7. The molecule has 2 N–H and O–H groups in total. The van der Waals surface area contributed by atoms with Crippen molar-refractivity contribution in [1.29, 1.82) is 0 Å². The molecule has 0 aromatic heterocycles. The molecule has 21 heavy (non-hydrogen) atoms. The summed E-state index contributed by atoms with van der Waals surface area (Å²) in [5, 5.41) is 6.08. The van der Waals surface area contributed by atoms with Gasteiger partial charge in [0.2, 0.25) is 5.91 Å². The highest BCUT2D eigenvalue weighted by atomic mass is 79.9. The van der Waals surface area contributed by atoms with Gasteiger partial charge >= 0.3 is 0 Å². The average molecular weight is 380 g/mol. The average Bonchev–Trinajstić information content (AvgIpc) is 2.36. The van der Waals surface area contributed by atoms with Gasteiger partial charge in [-0.1, -0.05) is 28.1 Å². The van der Waals surface area contributed by atoms with Crippen molar-refractivity contribution in [1.82, 2.24) is 10.6 Å². The van der Waals surface area contributed by atoms with Crippen LogP contribution in [0.25, 0.3) is 0 Å². The van der Waals surface area contributed by atoms with E-state index < -0.39 is 0 Å². The van der Waals surface area contributed by atoms with E-state index in [-0.39, 0.29) is 23.9 Å². The Labute approximate surface area is 141 Å². The Kier molecular flexibility index (Phi) is 9.86. The molecule has 6 heteroatoms. The lowest BCUT2D eigenvalue weighted by molar-refractivity contribution is -0.121. The number of carbonyl (C=O) groups excluding carboxylic acids is 1. The van der Waals surface area contributed by atoms with Gasteiger partial charge in [-0.2, -0.15) is 0 Å². The molecular weight excluding hydrogens is 356 g/mol. The predicted octanol–water partition coefficient (Wildman–Crippen LogP) is 2.54. The second-order valence-electron chi connectivity index (χ2n) is 5.40. The van der Waals surface area contributed by atoms with Crippen LogP contribution in [-0.2, 0) is 16.0 Å². The molecule has 0 unspecified atom stereocenters. The van der Waals surface area contributed by atoms with Crippen LogP contribution >= 0.6 is 28.3 Å². The van der Waals surface area contributed by atoms with Gasteiger partial charge in [0.1, 0.15) is 0 Å². The molecule has 0 heterocycles. The number of ether oxygens (including phenoxy) is 1. The molecule has 0 saturated heterocycles. The van der Waals surface area contributed by atoms with Gasteiger partial charge < -0.3 is 15.4 Å². The minimum atomic E-state index is -0.270. The quantitative estimate of drug-likeness (QED) is 0.683. The zero-order chi connectivity index (χ0) is 15.0. The molecule has 0 aliphatic rings. The Hall–Kier alpha value is -0.620. The van der Waals surface area contributed by atoms with Crippen molar-refractivity contribution in [2.24, 2.45) is 0 Å². The molecule has 0 atom stereocenters. The second kappa shape index (κ2) is 10.2. The van der Waals surface area contributed by atoms with Crippen LogP contribution in [0.1, 0.15) is 19.4 Å². The molecule has 0 aliphatic heterocycles. The SMILES string of the molecule is COCCNCC(=O)NC(C)(C)Cc1ccc(Br)cc1.Cl. The third-order valence-electron chi connectivity index (χ3n) is 2.81. The van der Waals surface area contributed by atoms with Gasteiger partial charge in [0.25, 0.3) is 0 Å². The Bertz CT molecular complexity index is 424. The largest absolute Gasteiger partial charge is 0.383 e. The number of methoxy groups -OCH3 is 1. The Balaban J connectivity index is 0.00000400. The standard InChI is InChI=1S/C15H23BrN2O2.ClH/c1-15(2,10-12-4-6-13(16)7-5-12)18-14(19)11-17-8-9-20-3;/h4-7,17H,8-11H2,1-3H3,(H,18,19);1H. The van der Waals surface area contributed by atoms with Crippen molar-refractivity contribution in [3.63, 3.8) is 0 Å². The topological polar surface area (TPSA) is 50.4 Å². The summed E-state index contributed by atoms with van der Waals surface area (Å²) in [4.78, 5) is 11.8. The highest BCUT2D eigenvalue weighted by molar-refractivity contribution is 9.10. The van der Waals surface area contributed by atoms with Crippen molar-refractivity contribution in [3.05, 3.63) is 34.3 Å². The molecule has 4 nitrogen and oxygen atoms in total. The second-order valence-corrected chi connectivity index (χ2v) is 6.32. The molecule has 0 saturated carbocycles. The number of benzene rings is 1. The van der Waals surface area contributed by atoms with E-state index in [0.29, 0.717) is 19.7 Å². The number of amides is 1. The summed E-state index contributed by atoms with van der Waals surface area (Å²) in [6, 6.07) is 8.16. The highest BCUT2D eigenvalue weighted by Gasteiger charge is 2.20. The molecule has 1 aromatic rings. The summed E-state index contributed by atoms with van der Waals surface area (Å²) in [7, 11) is 1.64. The van der Waals surface area contributed by atoms with Gasteiger partial charge in [-0.15, -0.1) is 12.4 Å². The van der Waals surface area contributed by atoms with E-state index in [9.17, 15) is 4.79 Å². The van der Waals surface area contributed by atoms with Crippen LogP contribution in [0.2, 0.25) is 0 Å². The fourth-order valence-corrected chi connectivity index (χ4v) is 2.22. The first kappa shape index (κ1) is 20.4. The number of hydrogen-bond acceptors (Lipinski definition) is 3. The first-order valence-electron chi connectivity index (χ1n) is 6.68. The van der Waals surface area contributed by atoms with Gasteiger partial charge in [-0.05, 0) is 38.0 Å². The van der Waals surface area contributed by atoms with Crippen LogP contribution in [0.5, 0.6) is 0 Å². The molecule has 0 bridgehead atoms. The van der Waals surface area contributed by atoms with E-state index >= 15 is 0 Å². The monoisotopic (exact) mass is 378 g/mol. The maximum Gasteiger partial charge on any atom is 0.234 e. The summed E-state index contributed by atoms with van der Waals surface area (Å²) >= 11 is 3.42. The smallest absolute Gasteiger partial charge is 0.234 e. The van der Waals surface area contributed by atoms with Crippen molar-refractivity contribution in [2.45, 2.75) is 25.8 Å². The first-order chi connectivity index (χ1) is 9.43. The van der Waals surface area contributed by atoms with Crippen LogP contribution in [0.15, 0.2) is 28.7 Å². The van der Waals surface area contributed by atoms with Crippen LogP contribution in [-0.4, -0.2) is 38.3 Å². The minimum absolute atomic E-state index is 0. The van der Waals surface area contributed by atoms with E-state index in [0.717, 1.165) is 10.9 Å². The summed E-state index contributed by atoms with van der Waals surface area (Å²) in [6.45, 7) is 5.66. The van der Waals surface area contributed by atoms with Gasteiger partial charge in [0, 0.05) is 23.7 Å². The van der Waals surface area contributed by atoms with Gasteiger partial charge in [-0.3, -0.25) is 4.79 Å². The normalized spacial score (nSPS) is 10.9. The Morgan fingerprint density at radius 2 is 1.90 bits per heavy atom. The van der Waals surface area contributed by atoms with Gasteiger partial charge in [0.15, 0.2) is 0 Å². The Morgan fingerprint density at radius 1 is 1.29 bits per heavy atom. The molecule has 0 spiro atoms. The fraction of sp³-hybridized carbons (Fsp3) is 0.533. The van der Waals surface area contributed by atoms with Crippen LogP contribution in [0.4, 0.5) is 0 Å². The number of hydrogen-bond donors (Lipinski definition) is 2. The summed E-state index contributed by atoms with van der Waals surface area (Å²) < 4.78 is 5.98. The fourth-order valence-electron chi connectivity index (χ4n) is 1.95. The predicted molar refractivity (Wildman–Crippen MR) is 92.1 cm³/mol. The minimum Gasteiger partial charge on any atom is -0.383 e.